The average molecular weight is 527 g/mol. The van der Waals surface area contributed by atoms with Gasteiger partial charge in [0.25, 0.3) is 5.91 Å². The summed E-state index contributed by atoms with van der Waals surface area (Å²) in [6, 6.07) is 24.3. The second kappa shape index (κ2) is 10.9. The van der Waals surface area contributed by atoms with E-state index in [9.17, 15) is 9.59 Å². The van der Waals surface area contributed by atoms with Crippen molar-refractivity contribution in [3.63, 3.8) is 0 Å². The Labute approximate surface area is 224 Å². The van der Waals surface area contributed by atoms with Gasteiger partial charge in [-0.2, -0.15) is 0 Å². The first-order valence-electron chi connectivity index (χ1n) is 12.1. The van der Waals surface area contributed by atoms with E-state index in [1.807, 2.05) is 54.6 Å². The van der Waals surface area contributed by atoms with Crippen molar-refractivity contribution in [1.29, 1.82) is 0 Å². The van der Waals surface area contributed by atoms with Crippen LogP contribution in [0.4, 0.5) is 5.69 Å². The molecule has 1 amide bonds. The zero-order valence-corrected chi connectivity index (χ0v) is 22.0. The molecule has 4 aromatic carbocycles. The fourth-order valence-corrected chi connectivity index (χ4v) is 5.31. The zero-order chi connectivity index (χ0) is 26.6. The Morgan fingerprint density at radius 2 is 1.74 bits per heavy atom. The molecule has 1 heterocycles. The number of para-hydroxylation sites is 1. The van der Waals surface area contributed by atoms with Crippen LogP contribution in [0.3, 0.4) is 0 Å². The van der Waals surface area contributed by atoms with Crippen LogP contribution in [0, 0.1) is 0 Å². The predicted octanol–water partition coefficient (Wildman–Crippen LogP) is 6.71. The van der Waals surface area contributed by atoms with Crippen LogP contribution in [-0.2, 0) is 9.53 Å². The Morgan fingerprint density at radius 1 is 0.947 bits per heavy atom. The number of anilines is 1. The standard InChI is InChI=1S/C30H26N2O5S/c1-4-24(28(33)31-23-17-19(35-2)15-16-25(23)36-3)37-30(34)21-12-8-10-18-9-7-11-20(27(18)21)29-32-22-13-5-6-14-26(22)38-29/h5-17,24H,4H2,1-3H3,(H,31,33). The third-order valence-electron chi connectivity index (χ3n) is 6.23. The molecular formula is C30H26N2O5S. The molecule has 1 atom stereocenters. The van der Waals surface area contributed by atoms with Crippen molar-refractivity contribution in [3.8, 4) is 22.1 Å². The van der Waals surface area contributed by atoms with Gasteiger partial charge in [-0.3, -0.25) is 4.79 Å². The van der Waals surface area contributed by atoms with Crippen molar-refractivity contribution in [2.45, 2.75) is 19.4 Å². The van der Waals surface area contributed by atoms with E-state index in [1.165, 1.54) is 14.2 Å². The van der Waals surface area contributed by atoms with Crippen LogP contribution in [0.2, 0.25) is 0 Å². The van der Waals surface area contributed by atoms with Gasteiger partial charge in [0.1, 0.15) is 16.5 Å². The maximum Gasteiger partial charge on any atom is 0.339 e. The van der Waals surface area contributed by atoms with E-state index >= 15 is 0 Å². The second-order valence-electron chi connectivity index (χ2n) is 8.55. The summed E-state index contributed by atoms with van der Waals surface area (Å²) in [6.45, 7) is 1.79. The highest BCUT2D eigenvalue weighted by Gasteiger charge is 2.25. The number of esters is 1. The number of benzene rings is 4. The molecule has 0 aliphatic carbocycles. The molecule has 7 nitrogen and oxygen atoms in total. The molecule has 0 saturated heterocycles. The van der Waals surface area contributed by atoms with Crippen molar-refractivity contribution in [2.24, 2.45) is 0 Å². The summed E-state index contributed by atoms with van der Waals surface area (Å²) in [6.07, 6.45) is -0.720. The van der Waals surface area contributed by atoms with E-state index in [-0.39, 0.29) is 0 Å². The summed E-state index contributed by atoms with van der Waals surface area (Å²) in [5.41, 5.74) is 2.55. The molecule has 1 unspecified atom stereocenters. The lowest BCUT2D eigenvalue weighted by Gasteiger charge is -2.18. The number of hydrogen-bond donors (Lipinski definition) is 1. The molecule has 0 fully saturated rings. The van der Waals surface area contributed by atoms with Crippen molar-refractivity contribution in [3.05, 3.63) is 84.4 Å². The van der Waals surface area contributed by atoms with Gasteiger partial charge in [-0.25, -0.2) is 9.78 Å². The molecule has 192 valence electrons. The number of carbonyl (C=O) groups is 2. The molecule has 0 bridgehead atoms. The molecule has 8 heteroatoms. The molecule has 5 rings (SSSR count). The maximum absolute atomic E-state index is 13.5. The molecule has 1 aromatic heterocycles. The summed E-state index contributed by atoms with van der Waals surface area (Å²) in [7, 11) is 3.05. The van der Waals surface area contributed by atoms with Crippen molar-refractivity contribution < 1.29 is 23.8 Å². The van der Waals surface area contributed by atoms with Gasteiger partial charge in [-0.05, 0) is 42.1 Å². The van der Waals surface area contributed by atoms with Gasteiger partial charge in [-0.1, -0.05) is 49.4 Å². The molecule has 1 N–H and O–H groups in total. The highest BCUT2D eigenvalue weighted by atomic mass is 32.1. The third kappa shape index (κ3) is 4.90. The quantitative estimate of drug-likeness (QED) is 0.226. The minimum absolute atomic E-state index is 0.291. The SMILES string of the molecule is CCC(OC(=O)c1cccc2cccc(-c3nc4ccccc4s3)c12)C(=O)Nc1cc(OC)ccc1OC. The van der Waals surface area contributed by atoms with E-state index in [0.717, 1.165) is 31.6 Å². The number of aromatic nitrogens is 1. The Hall–Kier alpha value is -4.43. The normalized spacial score (nSPS) is 11.8. The van der Waals surface area contributed by atoms with Gasteiger partial charge in [0.15, 0.2) is 6.10 Å². The number of fused-ring (bicyclic) bond motifs is 2. The van der Waals surface area contributed by atoms with Crippen molar-refractivity contribution >= 4 is 49.9 Å². The number of methoxy groups -OCH3 is 2. The number of thiazole rings is 1. The van der Waals surface area contributed by atoms with E-state index in [1.54, 1.807) is 42.5 Å². The molecule has 0 radical (unpaired) electrons. The lowest BCUT2D eigenvalue weighted by atomic mass is 9.99. The Bertz CT molecular complexity index is 1610. The minimum atomic E-state index is -1.01. The van der Waals surface area contributed by atoms with Crippen LogP contribution in [-0.4, -0.2) is 37.2 Å². The van der Waals surface area contributed by atoms with Crippen LogP contribution >= 0.6 is 11.3 Å². The molecule has 5 aromatic rings. The second-order valence-corrected chi connectivity index (χ2v) is 9.58. The monoisotopic (exact) mass is 526 g/mol. The van der Waals surface area contributed by atoms with Gasteiger partial charge in [-0.15, -0.1) is 11.3 Å². The van der Waals surface area contributed by atoms with Gasteiger partial charge in [0, 0.05) is 17.0 Å². The molecule has 0 saturated carbocycles. The molecule has 0 aliphatic rings. The highest BCUT2D eigenvalue weighted by molar-refractivity contribution is 7.21. The fraction of sp³-hybridized carbons (Fsp3) is 0.167. The van der Waals surface area contributed by atoms with Crippen LogP contribution in [0.15, 0.2) is 78.9 Å². The minimum Gasteiger partial charge on any atom is -0.497 e. The molecule has 0 aliphatic heterocycles. The van der Waals surface area contributed by atoms with Crippen molar-refractivity contribution in [2.75, 3.05) is 19.5 Å². The average Bonchev–Trinajstić information content (AvgIpc) is 3.39. The summed E-state index contributed by atoms with van der Waals surface area (Å²) in [5.74, 6) is -0.0121. The predicted molar refractivity (Wildman–Crippen MR) is 150 cm³/mol. The number of amides is 1. The van der Waals surface area contributed by atoms with E-state index in [0.29, 0.717) is 29.2 Å². The Balaban J connectivity index is 1.46. The largest absolute Gasteiger partial charge is 0.497 e. The van der Waals surface area contributed by atoms with E-state index in [4.69, 9.17) is 19.2 Å². The third-order valence-corrected chi connectivity index (χ3v) is 7.30. The van der Waals surface area contributed by atoms with Gasteiger partial charge >= 0.3 is 5.97 Å². The Kier molecular flexibility index (Phi) is 7.24. The maximum atomic E-state index is 13.5. The first-order valence-corrected chi connectivity index (χ1v) is 13.0. The number of carbonyl (C=O) groups excluding carboxylic acids is 2. The van der Waals surface area contributed by atoms with Gasteiger partial charge in [0.2, 0.25) is 0 Å². The lowest BCUT2D eigenvalue weighted by molar-refractivity contribution is -0.124. The topological polar surface area (TPSA) is 86.8 Å². The molecule has 0 spiro atoms. The highest BCUT2D eigenvalue weighted by Crippen LogP contribution is 2.36. The van der Waals surface area contributed by atoms with E-state index < -0.39 is 18.0 Å². The summed E-state index contributed by atoms with van der Waals surface area (Å²) in [5, 5.41) is 5.24. The fourth-order valence-electron chi connectivity index (χ4n) is 4.32. The first kappa shape index (κ1) is 25.2. The summed E-state index contributed by atoms with van der Waals surface area (Å²) in [4.78, 5) is 31.4. The smallest absolute Gasteiger partial charge is 0.339 e. The Morgan fingerprint density at radius 3 is 2.47 bits per heavy atom. The van der Waals surface area contributed by atoms with Crippen LogP contribution < -0.4 is 14.8 Å². The number of nitrogens with one attached hydrogen (secondary N) is 1. The van der Waals surface area contributed by atoms with Crippen LogP contribution in [0.5, 0.6) is 11.5 Å². The molecule has 38 heavy (non-hydrogen) atoms. The first-order chi connectivity index (χ1) is 18.5. The number of hydrogen-bond acceptors (Lipinski definition) is 7. The van der Waals surface area contributed by atoms with Gasteiger partial charge in [0.05, 0.1) is 35.7 Å². The summed E-state index contributed by atoms with van der Waals surface area (Å²) >= 11 is 1.57. The molecular weight excluding hydrogens is 500 g/mol. The van der Waals surface area contributed by atoms with Crippen molar-refractivity contribution in [1.82, 2.24) is 4.98 Å². The van der Waals surface area contributed by atoms with Crippen LogP contribution in [0.1, 0.15) is 23.7 Å². The van der Waals surface area contributed by atoms with Crippen LogP contribution in [0.25, 0.3) is 31.6 Å². The van der Waals surface area contributed by atoms with Gasteiger partial charge < -0.3 is 19.5 Å². The zero-order valence-electron chi connectivity index (χ0n) is 21.2. The number of nitrogens with zero attached hydrogens (tertiary/aromatic N) is 1. The van der Waals surface area contributed by atoms with E-state index in [2.05, 4.69) is 5.32 Å². The lowest BCUT2D eigenvalue weighted by Crippen LogP contribution is -2.32. The number of rotatable bonds is 8. The summed E-state index contributed by atoms with van der Waals surface area (Å²) < 4.78 is 17.4. The number of ether oxygens (including phenoxy) is 3.